The van der Waals surface area contributed by atoms with Gasteiger partial charge in [0.2, 0.25) is 5.91 Å². The van der Waals surface area contributed by atoms with Crippen molar-refractivity contribution in [1.29, 1.82) is 0 Å². The van der Waals surface area contributed by atoms with Gasteiger partial charge in [0.05, 0.1) is 38.6 Å². The average Bonchev–Trinajstić information content (AvgIpc) is 0.817. The molecule has 544 valence electrons. The third kappa shape index (κ3) is 37.0. The average molecular weight is 1330 g/mol. The molecule has 19 heteroatoms. The number of unbranched alkanes of at least 4 members (excludes halogenated alkanes) is 36. The fraction of sp³-hybridized carbons (Fsp3) is 0.878. The van der Waals surface area contributed by atoms with Crippen molar-refractivity contribution in [3.63, 3.8) is 0 Å². The van der Waals surface area contributed by atoms with E-state index in [0.717, 1.165) is 51.4 Å². The first kappa shape index (κ1) is 85.0. The van der Waals surface area contributed by atoms with Crippen molar-refractivity contribution in [3.8, 4) is 0 Å². The molecule has 0 aromatic heterocycles. The summed E-state index contributed by atoms with van der Waals surface area (Å²) in [6.07, 6.45) is 41.6. The lowest BCUT2D eigenvalue weighted by molar-refractivity contribution is -0.379. The van der Waals surface area contributed by atoms with Crippen LogP contribution in [0.3, 0.4) is 0 Å². The molecule has 3 heterocycles. The first-order valence-electron chi connectivity index (χ1n) is 37.4. The van der Waals surface area contributed by atoms with Gasteiger partial charge in [0.15, 0.2) is 18.9 Å². The fourth-order valence-corrected chi connectivity index (χ4v) is 12.5. The van der Waals surface area contributed by atoms with Gasteiger partial charge in [-0.2, -0.15) is 0 Å². The second-order valence-electron chi connectivity index (χ2n) is 26.7. The van der Waals surface area contributed by atoms with E-state index in [1.165, 1.54) is 199 Å². The summed E-state index contributed by atoms with van der Waals surface area (Å²) >= 11 is 0. The lowest BCUT2D eigenvalue weighted by atomic mass is 9.96. The molecule has 0 radical (unpaired) electrons. The Kier molecular flexibility index (Phi) is 50.8. The second-order valence-corrected chi connectivity index (χ2v) is 26.7. The smallest absolute Gasteiger partial charge is 0.220 e. The van der Waals surface area contributed by atoms with E-state index < -0.39 is 124 Å². The molecule has 3 aliphatic heterocycles. The number of aliphatic hydroxyl groups is 11. The fourth-order valence-electron chi connectivity index (χ4n) is 12.5. The molecule has 0 saturated carbocycles. The van der Waals surface area contributed by atoms with Crippen LogP contribution in [0.1, 0.15) is 284 Å². The van der Waals surface area contributed by atoms with E-state index in [4.69, 9.17) is 28.4 Å². The Hall–Kier alpha value is -2.25. The normalized spacial score (nSPS) is 27.8. The minimum Gasteiger partial charge on any atom is -0.394 e. The number of hydrogen-bond donors (Lipinski definition) is 12. The zero-order chi connectivity index (χ0) is 67.5. The zero-order valence-corrected chi connectivity index (χ0v) is 57.7. The molecule has 0 spiro atoms. The number of hydrogen-bond acceptors (Lipinski definition) is 18. The molecule has 12 N–H and O–H groups in total. The van der Waals surface area contributed by atoms with E-state index in [1.54, 1.807) is 6.08 Å². The van der Waals surface area contributed by atoms with Gasteiger partial charge < -0.3 is 89.9 Å². The summed E-state index contributed by atoms with van der Waals surface area (Å²) in [5.74, 6) is -0.288. The minimum absolute atomic E-state index is 0.234. The minimum atomic E-state index is -1.98. The van der Waals surface area contributed by atoms with Crippen molar-refractivity contribution in [2.45, 2.75) is 388 Å². The van der Waals surface area contributed by atoms with E-state index in [9.17, 15) is 61.0 Å². The largest absolute Gasteiger partial charge is 0.394 e. The highest BCUT2D eigenvalue weighted by molar-refractivity contribution is 5.76. The van der Waals surface area contributed by atoms with Crippen molar-refractivity contribution >= 4 is 5.91 Å². The van der Waals surface area contributed by atoms with Gasteiger partial charge in [0.25, 0.3) is 0 Å². The van der Waals surface area contributed by atoms with Gasteiger partial charge in [-0.25, -0.2) is 0 Å². The molecule has 93 heavy (non-hydrogen) atoms. The standard InChI is InChI=1S/C74H135NO18/c1-3-5-7-9-11-13-15-16-17-18-19-20-21-22-23-24-25-26-27-28-29-30-31-32-33-34-35-36-37-38-39-40-42-44-46-48-50-52-62(80)75-57(58(79)51-49-47-45-43-41-14-12-10-8-6-4-2)56-88-72-68(86)65(83)70(60(54-77)90-72)93-74-69(87)66(84)71(61(55-78)91-74)92-73-67(85)64(82)63(81)59(53-76)89-73/h8,10,18-19,41,43,49,51,57-61,63-74,76-79,81-87H,3-7,9,11-17,20-40,42,44-48,50,52-56H2,1-2H3,(H,75,80)/b10-8+,19-18-,43-41+,51-49+. The van der Waals surface area contributed by atoms with E-state index in [2.05, 4.69) is 55.6 Å². The molecule has 3 fully saturated rings. The van der Waals surface area contributed by atoms with Gasteiger partial charge in [-0.05, 0) is 64.2 Å². The van der Waals surface area contributed by atoms with Crippen LogP contribution < -0.4 is 5.32 Å². The lowest BCUT2D eigenvalue weighted by Crippen LogP contribution is -2.66. The number of amides is 1. The predicted octanol–water partition coefficient (Wildman–Crippen LogP) is 10.9. The maximum absolute atomic E-state index is 13.4. The van der Waals surface area contributed by atoms with Gasteiger partial charge in [-0.1, -0.05) is 262 Å². The number of carbonyl (C=O) groups excluding carboxylic acids is 1. The SMILES string of the molecule is CCC/C=C/CC/C=C/CC/C=C/C(O)C(COC1OC(CO)C(OC2OC(CO)C(OC3OC(CO)C(O)C(O)C3O)C(O)C2O)C(O)C1O)NC(=O)CCCCCCCCCCCCCCCCCCCCCCCCCCC/C=C\CCCCCCCCCC. The first-order valence-corrected chi connectivity index (χ1v) is 37.4. The summed E-state index contributed by atoms with van der Waals surface area (Å²) in [5.41, 5.74) is 0. The van der Waals surface area contributed by atoms with Gasteiger partial charge >= 0.3 is 0 Å². The van der Waals surface area contributed by atoms with Crippen LogP contribution in [-0.4, -0.2) is 193 Å². The first-order chi connectivity index (χ1) is 45.3. The third-order valence-corrected chi connectivity index (χ3v) is 18.6. The molecule has 0 aromatic carbocycles. The number of nitrogens with one attached hydrogen (secondary N) is 1. The Morgan fingerprint density at radius 3 is 1.12 bits per heavy atom. The summed E-state index contributed by atoms with van der Waals surface area (Å²) in [6.45, 7) is 1.63. The van der Waals surface area contributed by atoms with Crippen molar-refractivity contribution < 1.29 is 89.4 Å². The van der Waals surface area contributed by atoms with E-state index in [1.807, 2.05) is 6.08 Å². The number of carbonyl (C=O) groups is 1. The number of aliphatic hydroxyl groups excluding tert-OH is 11. The van der Waals surface area contributed by atoms with Crippen LogP contribution in [0.5, 0.6) is 0 Å². The quantitative estimate of drug-likeness (QED) is 0.0199. The molecule has 17 atom stereocenters. The molecule has 1 amide bonds. The molecule has 0 bridgehead atoms. The van der Waals surface area contributed by atoms with E-state index >= 15 is 0 Å². The van der Waals surface area contributed by atoms with Crippen LogP contribution in [0.15, 0.2) is 48.6 Å². The summed E-state index contributed by atoms with van der Waals surface area (Å²) in [4.78, 5) is 13.4. The zero-order valence-electron chi connectivity index (χ0n) is 57.7. The molecule has 3 rings (SSSR count). The summed E-state index contributed by atoms with van der Waals surface area (Å²) in [6, 6.07) is -0.994. The van der Waals surface area contributed by atoms with Crippen LogP contribution >= 0.6 is 0 Å². The van der Waals surface area contributed by atoms with Crippen LogP contribution in [0.2, 0.25) is 0 Å². The highest BCUT2D eigenvalue weighted by Crippen LogP contribution is 2.33. The lowest BCUT2D eigenvalue weighted by Gasteiger charge is -2.48. The molecular weight excluding hydrogens is 1190 g/mol. The monoisotopic (exact) mass is 1330 g/mol. The molecule has 0 aliphatic carbocycles. The van der Waals surface area contributed by atoms with Crippen LogP contribution in [-0.2, 0) is 33.2 Å². The van der Waals surface area contributed by atoms with Gasteiger partial charge in [0.1, 0.15) is 73.2 Å². The van der Waals surface area contributed by atoms with Crippen molar-refractivity contribution in [3.05, 3.63) is 48.6 Å². The maximum Gasteiger partial charge on any atom is 0.220 e. The molecule has 0 aromatic rings. The molecule has 3 aliphatic rings. The van der Waals surface area contributed by atoms with Crippen LogP contribution in [0.4, 0.5) is 0 Å². The third-order valence-electron chi connectivity index (χ3n) is 18.6. The van der Waals surface area contributed by atoms with Crippen molar-refractivity contribution in [2.75, 3.05) is 26.4 Å². The van der Waals surface area contributed by atoms with Crippen LogP contribution in [0, 0.1) is 0 Å². The number of ether oxygens (including phenoxy) is 6. The molecule has 3 saturated heterocycles. The van der Waals surface area contributed by atoms with Crippen molar-refractivity contribution in [1.82, 2.24) is 5.32 Å². The summed E-state index contributed by atoms with van der Waals surface area (Å²) in [7, 11) is 0. The van der Waals surface area contributed by atoms with E-state index in [-0.39, 0.29) is 18.9 Å². The topological polar surface area (TPSA) is 307 Å². The van der Waals surface area contributed by atoms with Crippen LogP contribution in [0.25, 0.3) is 0 Å². The Labute approximate surface area is 561 Å². The molecule has 17 unspecified atom stereocenters. The summed E-state index contributed by atoms with van der Waals surface area (Å²) in [5, 5.41) is 120. The Balaban J connectivity index is 1.29. The second kappa shape index (κ2) is 55.6. The highest BCUT2D eigenvalue weighted by Gasteiger charge is 2.53. The highest BCUT2D eigenvalue weighted by atomic mass is 16.8. The predicted molar refractivity (Wildman–Crippen MR) is 365 cm³/mol. The maximum atomic E-state index is 13.4. The Morgan fingerprint density at radius 1 is 0.376 bits per heavy atom. The number of allylic oxidation sites excluding steroid dienone is 7. The number of rotatable bonds is 58. The summed E-state index contributed by atoms with van der Waals surface area (Å²) < 4.78 is 34.3. The Morgan fingerprint density at radius 2 is 0.710 bits per heavy atom. The molecule has 19 nitrogen and oxygen atoms in total. The van der Waals surface area contributed by atoms with E-state index in [0.29, 0.717) is 12.8 Å². The Bertz CT molecular complexity index is 1870. The molecular formula is C74H135NO18. The van der Waals surface area contributed by atoms with Gasteiger partial charge in [-0.3, -0.25) is 4.79 Å². The van der Waals surface area contributed by atoms with Gasteiger partial charge in [-0.15, -0.1) is 0 Å². The van der Waals surface area contributed by atoms with Crippen molar-refractivity contribution in [2.24, 2.45) is 0 Å². The van der Waals surface area contributed by atoms with Gasteiger partial charge in [0, 0.05) is 6.42 Å².